The highest BCUT2D eigenvalue weighted by atomic mass is 14.9. The van der Waals surface area contributed by atoms with Crippen molar-refractivity contribution < 1.29 is 0 Å². The van der Waals surface area contributed by atoms with Gasteiger partial charge in [-0.1, -0.05) is 18.6 Å². The molecule has 0 saturated heterocycles. The Bertz CT molecular complexity index is 309. The quantitative estimate of drug-likeness (QED) is 0.736. The van der Waals surface area contributed by atoms with Crippen molar-refractivity contribution in [1.29, 1.82) is 5.26 Å². The zero-order chi connectivity index (χ0) is 11.5. The fraction of sp³-hybridized carbons (Fsp3) is 0.786. The molecule has 1 saturated carbocycles. The van der Waals surface area contributed by atoms with Crippen LogP contribution in [0.5, 0.6) is 0 Å². The van der Waals surface area contributed by atoms with Gasteiger partial charge in [0, 0.05) is 0 Å². The van der Waals surface area contributed by atoms with Gasteiger partial charge in [-0.15, -0.1) is 0 Å². The Morgan fingerprint density at radius 3 is 2.88 bits per heavy atom. The van der Waals surface area contributed by atoms with Crippen molar-refractivity contribution in [2.45, 2.75) is 45.6 Å². The minimum atomic E-state index is 0.0618. The van der Waals surface area contributed by atoms with Crippen LogP contribution >= 0.6 is 0 Å². The van der Waals surface area contributed by atoms with Crippen molar-refractivity contribution in [3.8, 4) is 6.07 Å². The summed E-state index contributed by atoms with van der Waals surface area (Å²) in [7, 11) is 0. The molecule has 0 aromatic heterocycles. The first-order valence-electron chi connectivity index (χ1n) is 6.49. The Balaban J connectivity index is 1.88. The van der Waals surface area contributed by atoms with Crippen LogP contribution in [0.1, 0.15) is 39.5 Å². The van der Waals surface area contributed by atoms with Crippen molar-refractivity contribution >= 4 is 0 Å². The Hall–Kier alpha value is -0.810. The number of allylic oxidation sites excluding steroid dienone is 2. The summed E-state index contributed by atoms with van der Waals surface area (Å²) in [4.78, 5) is 0. The Labute approximate surface area is 98.7 Å². The van der Waals surface area contributed by atoms with Gasteiger partial charge in [0.2, 0.25) is 0 Å². The molecule has 2 rings (SSSR count). The van der Waals surface area contributed by atoms with Gasteiger partial charge in [0.1, 0.15) is 0 Å². The van der Waals surface area contributed by atoms with E-state index in [2.05, 4.69) is 31.3 Å². The molecule has 0 amide bonds. The fourth-order valence-electron chi connectivity index (χ4n) is 2.78. The molecular weight excluding hydrogens is 196 g/mol. The zero-order valence-electron chi connectivity index (χ0n) is 10.4. The Morgan fingerprint density at radius 1 is 1.56 bits per heavy atom. The van der Waals surface area contributed by atoms with Crippen LogP contribution in [0.3, 0.4) is 0 Å². The van der Waals surface area contributed by atoms with Gasteiger partial charge in [-0.25, -0.2) is 0 Å². The van der Waals surface area contributed by atoms with Crippen LogP contribution < -0.4 is 5.32 Å². The molecule has 16 heavy (non-hydrogen) atoms. The lowest BCUT2D eigenvalue weighted by Crippen LogP contribution is -2.38. The third-order valence-corrected chi connectivity index (χ3v) is 3.76. The average molecular weight is 218 g/mol. The first-order chi connectivity index (χ1) is 7.69. The van der Waals surface area contributed by atoms with Crippen molar-refractivity contribution in [2.75, 3.05) is 6.54 Å². The van der Waals surface area contributed by atoms with E-state index in [-0.39, 0.29) is 6.04 Å². The molecule has 1 N–H and O–H groups in total. The molecule has 2 nitrogen and oxygen atoms in total. The summed E-state index contributed by atoms with van der Waals surface area (Å²) in [6.07, 6.45) is 7.32. The average Bonchev–Trinajstić information content (AvgIpc) is 3.01. The second-order valence-electron chi connectivity index (χ2n) is 5.65. The van der Waals surface area contributed by atoms with E-state index in [0.717, 1.165) is 25.3 Å². The monoisotopic (exact) mass is 218 g/mol. The summed E-state index contributed by atoms with van der Waals surface area (Å²) in [6, 6.07) is 2.52. The predicted molar refractivity (Wildman–Crippen MR) is 65.8 cm³/mol. The largest absolute Gasteiger partial charge is 0.301 e. The molecule has 0 aromatic carbocycles. The third kappa shape index (κ3) is 3.09. The van der Waals surface area contributed by atoms with Crippen LogP contribution in [0, 0.1) is 29.1 Å². The maximum absolute atomic E-state index is 9.25. The van der Waals surface area contributed by atoms with E-state index in [1.54, 1.807) is 0 Å². The van der Waals surface area contributed by atoms with Gasteiger partial charge in [0.25, 0.3) is 0 Å². The third-order valence-electron chi connectivity index (χ3n) is 3.76. The zero-order valence-corrected chi connectivity index (χ0v) is 10.4. The van der Waals surface area contributed by atoms with E-state index in [4.69, 9.17) is 0 Å². The molecular formula is C14H22N2. The standard InChI is InChI=1S/C14H22N2/c1-10-5-11(2)7-13(6-10)14(8-15)16-9-12-3-4-12/h5,10,12-14,16H,3-4,6-7,9H2,1-2H3. The molecule has 0 aromatic rings. The summed E-state index contributed by atoms with van der Waals surface area (Å²) >= 11 is 0. The predicted octanol–water partition coefficient (Wildman–Crippen LogP) is 2.87. The molecule has 0 aliphatic heterocycles. The molecule has 2 aliphatic rings. The minimum Gasteiger partial charge on any atom is -0.301 e. The molecule has 2 heteroatoms. The van der Waals surface area contributed by atoms with Gasteiger partial charge in [0.15, 0.2) is 0 Å². The molecule has 88 valence electrons. The summed E-state index contributed by atoms with van der Waals surface area (Å²) in [5.74, 6) is 2.01. The highest BCUT2D eigenvalue weighted by molar-refractivity contribution is 5.10. The van der Waals surface area contributed by atoms with Crippen LogP contribution in [0.2, 0.25) is 0 Å². The van der Waals surface area contributed by atoms with Gasteiger partial charge < -0.3 is 5.32 Å². The van der Waals surface area contributed by atoms with E-state index >= 15 is 0 Å². The minimum absolute atomic E-state index is 0.0618. The lowest BCUT2D eigenvalue weighted by molar-refractivity contribution is 0.335. The number of nitrogens with zero attached hydrogens (tertiary/aromatic N) is 1. The topological polar surface area (TPSA) is 35.8 Å². The maximum Gasteiger partial charge on any atom is 0.0984 e. The van der Waals surface area contributed by atoms with Crippen LogP contribution in [0.4, 0.5) is 0 Å². The number of hydrogen-bond acceptors (Lipinski definition) is 2. The van der Waals surface area contributed by atoms with Crippen LogP contribution in [-0.4, -0.2) is 12.6 Å². The van der Waals surface area contributed by atoms with Gasteiger partial charge in [-0.3, -0.25) is 0 Å². The Kier molecular flexibility index (Phi) is 3.66. The number of rotatable bonds is 4. The van der Waals surface area contributed by atoms with Gasteiger partial charge in [-0.2, -0.15) is 5.26 Å². The molecule has 1 fully saturated rings. The summed E-state index contributed by atoms with van der Waals surface area (Å²) in [5.41, 5.74) is 1.46. The lowest BCUT2D eigenvalue weighted by atomic mass is 9.80. The van der Waals surface area contributed by atoms with Crippen LogP contribution in [-0.2, 0) is 0 Å². The van der Waals surface area contributed by atoms with E-state index in [0.29, 0.717) is 11.8 Å². The van der Waals surface area contributed by atoms with Crippen LogP contribution in [0.25, 0.3) is 0 Å². The van der Waals surface area contributed by atoms with Gasteiger partial charge in [0.05, 0.1) is 12.1 Å². The number of hydrogen-bond donors (Lipinski definition) is 1. The molecule has 0 spiro atoms. The van der Waals surface area contributed by atoms with E-state index < -0.39 is 0 Å². The van der Waals surface area contributed by atoms with E-state index in [1.165, 1.54) is 18.4 Å². The van der Waals surface area contributed by atoms with Crippen molar-refractivity contribution in [3.05, 3.63) is 11.6 Å². The second-order valence-corrected chi connectivity index (χ2v) is 5.65. The fourth-order valence-corrected chi connectivity index (χ4v) is 2.78. The van der Waals surface area contributed by atoms with Crippen molar-refractivity contribution in [1.82, 2.24) is 5.32 Å². The normalized spacial score (nSPS) is 31.7. The molecule has 0 radical (unpaired) electrons. The first kappa shape index (κ1) is 11.7. The highest BCUT2D eigenvalue weighted by Crippen LogP contribution is 2.31. The van der Waals surface area contributed by atoms with Crippen LogP contribution in [0.15, 0.2) is 11.6 Å². The number of nitriles is 1. The van der Waals surface area contributed by atoms with E-state index in [9.17, 15) is 5.26 Å². The first-order valence-corrected chi connectivity index (χ1v) is 6.49. The molecule has 2 aliphatic carbocycles. The SMILES string of the molecule is CC1=CC(C)CC(C(C#N)NCC2CC2)C1. The van der Waals surface area contributed by atoms with Gasteiger partial charge >= 0.3 is 0 Å². The van der Waals surface area contributed by atoms with E-state index in [1.807, 2.05) is 0 Å². The number of nitrogens with one attached hydrogen (secondary N) is 1. The summed E-state index contributed by atoms with van der Waals surface area (Å²) in [6.45, 7) is 5.49. The maximum atomic E-state index is 9.25. The molecule has 0 bridgehead atoms. The molecule has 3 unspecified atom stereocenters. The van der Waals surface area contributed by atoms with Gasteiger partial charge in [-0.05, 0) is 56.9 Å². The highest BCUT2D eigenvalue weighted by Gasteiger charge is 2.28. The second kappa shape index (κ2) is 5.01. The lowest BCUT2D eigenvalue weighted by Gasteiger charge is -2.29. The molecule has 0 heterocycles. The summed E-state index contributed by atoms with van der Waals surface area (Å²) in [5, 5.41) is 12.7. The molecule has 3 atom stereocenters. The summed E-state index contributed by atoms with van der Waals surface area (Å²) < 4.78 is 0. The van der Waals surface area contributed by atoms with Crippen molar-refractivity contribution in [3.63, 3.8) is 0 Å². The van der Waals surface area contributed by atoms with Crippen molar-refractivity contribution in [2.24, 2.45) is 17.8 Å². The smallest absolute Gasteiger partial charge is 0.0984 e. The Morgan fingerprint density at radius 2 is 2.31 bits per heavy atom.